The van der Waals surface area contributed by atoms with Gasteiger partial charge in [0, 0.05) is 0 Å². The van der Waals surface area contributed by atoms with E-state index in [1.807, 2.05) is 36.4 Å². The van der Waals surface area contributed by atoms with Crippen molar-refractivity contribution in [2.24, 2.45) is 0 Å². The van der Waals surface area contributed by atoms with Gasteiger partial charge in [-0.05, 0) is 0 Å². The molecule has 0 radical (unpaired) electrons. The second kappa shape index (κ2) is 5.13. The van der Waals surface area contributed by atoms with Crippen molar-refractivity contribution in [3.63, 3.8) is 0 Å². The molecule has 0 amide bonds. The summed E-state index contributed by atoms with van der Waals surface area (Å²) in [6.45, 7) is 0. The molecule has 80 valence electrons. The first kappa shape index (κ1) is 11.8. The second-order valence-electron chi connectivity index (χ2n) is 3.77. The number of rotatable bonds is 2. The molecule has 0 saturated carbocycles. The van der Waals surface area contributed by atoms with Gasteiger partial charge >= 0.3 is 107 Å². The SMILES string of the molecule is C#[C][Sn]([C]#C)([c]1ccccc1)[c]1ccccc1. The molecule has 0 aliphatic rings. The van der Waals surface area contributed by atoms with Gasteiger partial charge in [-0.3, -0.25) is 0 Å². The summed E-state index contributed by atoms with van der Waals surface area (Å²) in [6, 6.07) is 20.2. The van der Waals surface area contributed by atoms with E-state index in [4.69, 9.17) is 12.8 Å². The normalized spacial score (nSPS) is 10.2. The van der Waals surface area contributed by atoms with Crippen LogP contribution in [-0.2, 0) is 0 Å². The molecule has 0 fully saturated rings. The van der Waals surface area contributed by atoms with Crippen molar-refractivity contribution in [2.75, 3.05) is 0 Å². The molecule has 0 heterocycles. The van der Waals surface area contributed by atoms with E-state index < -0.39 is 18.4 Å². The van der Waals surface area contributed by atoms with Crippen LogP contribution in [0.15, 0.2) is 60.7 Å². The van der Waals surface area contributed by atoms with Gasteiger partial charge in [0.25, 0.3) is 0 Å². The first-order valence-electron chi connectivity index (χ1n) is 5.40. The molecule has 0 saturated heterocycles. The molecule has 0 bridgehead atoms. The van der Waals surface area contributed by atoms with Crippen molar-refractivity contribution < 1.29 is 0 Å². The maximum absolute atomic E-state index is 5.78. The maximum atomic E-state index is 5.78. The molecule has 0 N–H and O–H groups in total. The Kier molecular flexibility index (Phi) is 3.57. The van der Waals surface area contributed by atoms with Crippen LogP contribution in [0.3, 0.4) is 0 Å². The minimum absolute atomic E-state index is 1.16. The Morgan fingerprint density at radius 3 is 1.29 bits per heavy atom. The average molecular weight is 323 g/mol. The average Bonchev–Trinajstić information content (AvgIpc) is 2.43. The van der Waals surface area contributed by atoms with E-state index in [0.29, 0.717) is 0 Å². The molecule has 0 aromatic heterocycles. The minimum atomic E-state index is -3.29. The second-order valence-corrected chi connectivity index (χ2v) is 13.0. The van der Waals surface area contributed by atoms with Crippen molar-refractivity contribution in [2.45, 2.75) is 0 Å². The van der Waals surface area contributed by atoms with Gasteiger partial charge in [-0.1, -0.05) is 0 Å². The van der Waals surface area contributed by atoms with E-state index in [0.717, 1.165) is 7.16 Å². The molecule has 0 nitrogen and oxygen atoms in total. The summed E-state index contributed by atoms with van der Waals surface area (Å²) in [4.78, 5) is 0. The topological polar surface area (TPSA) is 0 Å². The van der Waals surface area contributed by atoms with Gasteiger partial charge in [0.1, 0.15) is 0 Å². The van der Waals surface area contributed by atoms with Crippen LogP contribution >= 0.6 is 0 Å². The Bertz CT molecular complexity index is 515. The van der Waals surface area contributed by atoms with E-state index in [1.165, 1.54) is 0 Å². The summed E-state index contributed by atoms with van der Waals surface area (Å²) in [7, 11) is 0. The van der Waals surface area contributed by atoms with E-state index in [1.54, 1.807) is 0 Å². The van der Waals surface area contributed by atoms with Crippen molar-refractivity contribution >= 4 is 25.5 Å². The van der Waals surface area contributed by atoms with Gasteiger partial charge < -0.3 is 0 Å². The Hall–Kier alpha value is -1.64. The summed E-state index contributed by atoms with van der Waals surface area (Å²) in [5.74, 6) is 0. The zero-order valence-electron chi connectivity index (χ0n) is 9.43. The Labute approximate surface area is 107 Å². The quantitative estimate of drug-likeness (QED) is 0.582. The number of hydrogen-bond donors (Lipinski definition) is 0. The first-order valence-corrected chi connectivity index (χ1v) is 11.1. The molecule has 2 aromatic rings. The van der Waals surface area contributed by atoms with E-state index >= 15 is 0 Å². The zero-order chi connectivity index (χ0) is 12.1. The Morgan fingerprint density at radius 1 is 0.647 bits per heavy atom. The summed E-state index contributed by atoms with van der Waals surface area (Å²) in [5.41, 5.74) is 0. The molecule has 0 atom stereocenters. The van der Waals surface area contributed by atoms with Gasteiger partial charge in [0.2, 0.25) is 0 Å². The van der Waals surface area contributed by atoms with Gasteiger partial charge in [0.15, 0.2) is 0 Å². The van der Waals surface area contributed by atoms with Crippen LogP contribution in [0, 0.1) is 20.7 Å². The monoisotopic (exact) mass is 324 g/mol. The van der Waals surface area contributed by atoms with Crippen LogP contribution in [0.4, 0.5) is 0 Å². The standard InChI is InChI=1S/2C6H5.2C2H.Sn/c2*1-2-4-6-5-3-1;2*1-2;/h2*1-5H;2*1H;. The van der Waals surface area contributed by atoms with Crippen LogP contribution in [0.2, 0.25) is 0 Å². The van der Waals surface area contributed by atoms with E-state index in [2.05, 4.69) is 32.1 Å². The summed E-state index contributed by atoms with van der Waals surface area (Å²) in [5, 5.41) is 0. The predicted octanol–water partition coefficient (Wildman–Crippen LogP) is 1.59. The molecule has 2 aromatic carbocycles. The van der Waals surface area contributed by atoms with Crippen molar-refractivity contribution in [1.29, 1.82) is 0 Å². The fourth-order valence-electron chi connectivity index (χ4n) is 1.92. The molecule has 0 spiro atoms. The van der Waals surface area contributed by atoms with Crippen molar-refractivity contribution in [3.05, 3.63) is 60.7 Å². The third-order valence-electron chi connectivity index (χ3n) is 2.85. The first-order chi connectivity index (χ1) is 8.33. The fourth-order valence-corrected chi connectivity index (χ4v) is 8.96. The number of benzene rings is 2. The Morgan fingerprint density at radius 2 is 1.00 bits per heavy atom. The van der Waals surface area contributed by atoms with Gasteiger partial charge in [-0.25, -0.2) is 0 Å². The van der Waals surface area contributed by atoms with Gasteiger partial charge in [0.05, 0.1) is 0 Å². The summed E-state index contributed by atoms with van der Waals surface area (Å²) in [6.07, 6.45) is 11.6. The Balaban J connectivity index is 2.65. The van der Waals surface area contributed by atoms with Crippen LogP contribution in [0.25, 0.3) is 0 Å². The zero-order valence-corrected chi connectivity index (χ0v) is 12.3. The molecule has 0 unspecified atom stereocenters. The predicted molar refractivity (Wildman–Crippen MR) is 75.6 cm³/mol. The third kappa shape index (κ3) is 2.09. The van der Waals surface area contributed by atoms with Crippen molar-refractivity contribution in [1.82, 2.24) is 0 Å². The van der Waals surface area contributed by atoms with Gasteiger partial charge in [-0.2, -0.15) is 0 Å². The molecule has 1 heteroatoms. The molecule has 0 aliphatic heterocycles. The van der Waals surface area contributed by atoms with Crippen LogP contribution < -0.4 is 7.16 Å². The van der Waals surface area contributed by atoms with E-state index in [-0.39, 0.29) is 0 Å². The van der Waals surface area contributed by atoms with Crippen LogP contribution in [0.5, 0.6) is 0 Å². The number of terminal acetylenes is 2. The fraction of sp³-hybridized carbons (Fsp3) is 0. The molecule has 0 aliphatic carbocycles. The molecule has 17 heavy (non-hydrogen) atoms. The molecule has 2 rings (SSSR count). The van der Waals surface area contributed by atoms with Crippen LogP contribution in [-0.4, -0.2) is 18.4 Å². The van der Waals surface area contributed by atoms with E-state index in [9.17, 15) is 0 Å². The van der Waals surface area contributed by atoms with Gasteiger partial charge in [-0.15, -0.1) is 0 Å². The third-order valence-corrected chi connectivity index (χ3v) is 12.2. The van der Waals surface area contributed by atoms with Crippen LogP contribution in [0.1, 0.15) is 0 Å². The molecular formula is C16H12Sn. The summed E-state index contributed by atoms with van der Waals surface area (Å²) >= 11 is -3.29. The summed E-state index contributed by atoms with van der Waals surface area (Å²) < 4.78 is 8.27. The molecular weight excluding hydrogens is 311 g/mol. The number of hydrogen-bond acceptors (Lipinski definition) is 0. The van der Waals surface area contributed by atoms with Crippen molar-refractivity contribution in [3.8, 4) is 20.7 Å².